The molecule has 0 bridgehead atoms. The first-order chi connectivity index (χ1) is 18.8. The normalized spacial score (nSPS) is 13.2. The van der Waals surface area contributed by atoms with Gasteiger partial charge in [-0.05, 0) is 92.1 Å². The Kier molecular flexibility index (Phi) is 9.06. The summed E-state index contributed by atoms with van der Waals surface area (Å²) in [5, 5.41) is 6.06. The number of carbonyl (C=O) groups excluding carboxylic acids is 3. The van der Waals surface area contributed by atoms with Crippen molar-refractivity contribution in [2.24, 2.45) is 0 Å². The number of imide groups is 1. The van der Waals surface area contributed by atoms with Crippen LogP contribution in [0, 0.1) is 13.8 Å². The lowest BCUT2D eigenvalue weighted by Gasteiger charge is -2.15. The second-order valence-electron chi connectivity index (χ2n) is 9.05. The van der Waals surface area contributed by atoms with E-state index in [-0.39, 0.29) is 30.0 Å². The number of rotatable bonds is 11. The summed E-state index contributed by atoms with van der Waals surface area (Å²) in [6, 6.07) is 19.8. The van der Waals surface area contributed by atoms with Crippen molar-refractivity contribution in [1.82, 2.24) is 4.90 Å². The average molecular weight is 546 g/mol. The zero-order chi connectivity index (χ0) is 27.9. The summed E-state index contributed by atoms with van der Waals surface area (Å²) in [6.45, 7) is 4.73. The number of anilines is 2. The number of benzene rings is 3. The third-order valence-electron chi connectivity index (χ3n) is 6.32. The van der Waals surface area contributed by atoms with Gasteiger partial charge in [-0.1, -0.05) is 17.8 Å². The molecule has 9 heteroatoms. The van der Waals surface area contributed by atoms with Crippen LogP contribution in [-0.2, 0) is 14.3 Å². The van der Waals surface area contributed by atoms with Crippen molar-refractivity contribution < 1.29 is 23.9 Å². The second-order valence-corrected chi connectivity index (χ2v) is 10.1. The largest absolute Gasteiger partial charge is 0.497 e. The van der Waals surface area contributed by atoms with Crippen LogP contribution in [0.4, 0.5) is 11.4 Å². The Hall–Kier alpha value is -4.08. The number of carbonyl (C=O) groups is 3. The number of aryl methyl sites for hydroxylation is 2. The van der Waals surface area contributed by atoms with E-state index in [0.717, 1.165) is 21.7 Å². The second kappa shape index (κ2) is 12.6. The van der Waals surface area contributed by atoms with Crippen LogP contribution in [-0.4, -0.2) is 50.0 Å². The van der Waals surface area contributed by atoms with Crippen molar-refractivity contribution in [3.8, 4) is 5.75 Å². The SMILES string of the molecule is COCCCN1C(=O)C(Nc2ccc(C)c(C)c2)=C(Sc2ccc(NC(=O)c3ccc(OC)cc3)cc2)C1=O. The van der Waals surface area contributed by atoms with Crippen LogP contribution in [0.2, 0.25) is 0 Å². The summed E-state index contributed by atoms with van der Waals surface area (Å²) in [7, 11) is 3.16. The van der Waals surface area contributed by atoms with E-state index in [1.165, 1.54) is 16.7 Å². The average Bonchev–Trinajstić information content (AvgIpc) is 3.15. The molecule has 0 radical (unpaired) electrons. The molecular weight excluding hydrogens is 514 g/mol. The topological polar surface area (TPSA) is 97.0 Å². The number of thioether (sulfide) groups is 1. The van der Waals surface area contributed by atoms with Crippen LogP contribution in [0.3, 0.4) is 0 Å². The van der Waals surface area contributed by atoms with Crippen LogP contribution in [0.25, 0.3) is 0 Å². The molecule has 0 spiro atoms. The molecule has 2 N–H and O–H groups in total. The van der Waals surface area contributed by atoms with Gasteiger partial charge in [0, 0.05) is 42.1 Å². The molecule has 0 aromatic heterocycles. The van der Waals surface area contributed by atoms with Crippen molar-refractivity contribution in [1.29, 1.82) is 0 Å². The summed E-state index contributed by atoms with van der Waals surface area (Å²) in [6.07, 6.45) is 0.547. The third-order valence-corrected chi connectivity index (χ3v) is 7.41. The number of nitrogens with zero attached hydrogens (tertiary/aromatic N) is 1. The van der Waals surface area contributed by atoms with Crippen LogP contribution < -0.4 is 15.4 Å². The molecule has 0 saturated carbocycles. The Bertz CT molecular complexity index is 1400. The predicted octanol–water partition coefficient (Wildman–Crippen LogP) is 5.39. The molecule has 3 aromatic rings. The van der Waals surface area contributed by atoms with Gasteiger partial charge < -0.3 is 20.1 Å². The van der Waals surface area contributed by atoms with E-state index >= 15 is 0 Å². The molecule has 1 heterocycles. The first-order valence-corrected chi connectivity index (χ1v) is 13.3. The minimum atomic E-state index is -0.361. The summed E-state index contributed by atoms with van der Waals surface area (Å²) in [4.78, 5) is 41.6. The summed E-state index contributed by atoms with van der Waals surface area (Å²) >= 11 is 1.22. The van der Waals surface area contributed by atoms with Crippen molar-refractivity contribution >= 4 is 40.9 Å². The Morgan fingerprint density at radius 1 is 0.872 bits per heavy atom. The van der Waals surface area contributed by atoms with Gasteiger partial charge in [-0.15, -0.1) is 0 Å². The highest BCUT2D eigenvalue weighted by molar-refractivity contribution is 8.04. The van der Waals surface area contributed by atoms with E-state index in [9.17, 15) is 14.4 Å². The highest BCUT2D eigenvalue weighted by Crippen LogP contribution is 2.36. The molecule has 3 amide bonds. The Labute approximate surface area is 232 Å². The molecular formula is C30H31N3O5S. The highest BCUT2D eigenvalue weighted by Gasteiger charge is 2.38. The molecule has 3 aromatic carbocycles. The monoisotopic (exact) mass is 545 g/mol. The fourth-order valence-corrected chi connectivity index (χ4v) is 4.91. The fourth-order valence-electron chi connectivity index (χ4n) is 3.96. The molecule has 0 saturated heterocycles. The standard InChI is InChI=1S/C30H31N3O5S/c1-19-6-9-23(18-20(19)2)31-26-27(30(36)33(29(26)35)16-5-17-37-3)39-25-14-10-22(11-15-25)32-28(34)21-7-12-24(38-4)13-8-21/h6-15,18,31H,5,16-17H2,1-4H3,(H,32,34). The summed E-state index contributed by atoms with van der Waals surface area (Å²) in [5.41, 5.74) is 4.32. The fraction of sp³-hybridized carbons (Fsp3) is 0.233. The van der Waals surface area contributed by atoms with Crippen LogP contribution in [0.1, 0.15) is 27.9 Å². The molecule has 0 aliphatic carbocycles. The van der Waals surface area contributed by atoms with Crippen molar-refractivity contribution in [2.45, 2.75) is 25.2 Å². The molecule has 39 heavy (non-hydrogen) atoms. The molecule has 1 aliphatic heterocycles. The number of hydrogen-bond donors (Lipinski definition) is 2. The van der Waals surface area contributed by atoms with Crippen LogP contribution >= 0.6 is 11.8 Å². The molecule has 1 aliphatic rings. The Balaban J connectivity index is 1.53. The minimum Gasteiger partial charge on any atom is -0.497 e. The van der Waals surface area contributed by atoms with Crippen LogP contribution in [0.5, 0.6) is 5.75 Å². The van der Waals surface area contributed by atoms with E-state index in [2.05, 4.69) is 10.6 Å². The predicted molar refractivity (Wildman–Crippen MR) is 153 cm³/mol. The lowest BCUT2D eigenvalue weighted by molar-refractivity contribution is -0.137. The zero-order valence-corrected chi connectivity index (χ0v) is 23.2. The third kappa shape index (κ3) is 6.68. The van der Waals surface area contributed by atoms with Gasteiger partial charge >= 0.3 is 0 Å². The zero-order valence-electron chi connectivity index (χ0n) is 22.4. The van der Waals surface area contributed by atoms with Gasteiger partial charge in [-0.3, -0.25) is 19.3 Å². The van der Waals surface area contributed by atoms with E-state index in [0.29, 0.717) is 34.9 Å². The van der Waals surface area contributed by atoms with Gasteiger partial charge in [-0.2, -0.15) is 0 Å². The quantitative estimate of drug-likeness (QED) is 0.246. The Morgan fingerprint density at radius 2 is 1.56 bits per heavy atom. The summed E-state index contributed by atoms with van der Waals surface area (Å²) in [5.74, 6) is -0.278. The van der Waals surface area contributed by atoms with E-state index in [1.54, 1.807) is 62.8 Å². The number of nitrogens with one attached hydrogen (secondary N) is 2. The molecule has 202 valence electrons. The van der Waals surface area contributed by atoms with Gasteiger partial charge in [0.05, 0.1) is 7.11 Å². The van der Waals surface area contributed by atoms with Gasteiger partial charge in [0.1, 0.15) is 16.4 Å². The first-order valence-electron chi connectivity index (χ1n) is 12.5. The maximum absolute atomic E-state index is 13.3. The lowest BCUT2D eigenvalue weighted by Crippen LogP contribution is -2.33. The lowest BCUT2D eigenvalue weighted by atomic mass is 10.1. The van der Waals surface area contributed by atoms with Crippen molar-refractivity contribution in [2.75, 3.05) is 38.0 Å². The molecule has 0 atom stereocenters. The van der Waals surface area contributed by atoms with Crippen LogP contribution in [0.15, 0.2) is 82.2 Å². The maximum Gasteiger partial charge on any atom is 0.278 e. The molecule has 0 unspecified atom stereocenters. The number of methoxy groups -OCH3 is 2. The molecule has 8 nitrogen and oxygen atoms in total. The maximum atomic E-state index is 13.3. The first kappa shape index (κ1) is 27.9. The van der Waals surface area contributed by atoms with Crippen molar-refractivity contribution in [3.05, 3.63) is 94.0 Å². The smallest absolute Gasteiger partial charge is 0.278 e. The van der Waals surface area contributed by atoms with Gasteiger partial charge in [-0.25, -0.2) is 0 Å². The number of ether oxygens (including phenoxy) is 2. The summed E-state index contributed by atoms with van der Waals surface area (Å²) < 4.78 is 10.2. The highest BCUT2D eigenvalue weighted by atomic mass is 32.2. The number of amides is 3. The minimum absolute atomic E-state index is 0.246. The van der Waals surface area contributed by atoms with E-state index < -0.39 is 0 Å². The van der Waals surface area contributed by atoms with E-state index in [4.69, 9.17) is 9.47 Å². The van der Waals surface area contributed by atoms with Crippen molar-refractivity contribution in [3.63, 3.8) is 0 Å². The van der Waals surface area contributed by atoms with Gasteiger partial charge in [0.25, 0.3) is 17.7 Å². The molecule has 4 rings (SSSR count). The van der Waals surface area contributed by atoms with Gasteiger partial charge in [0.2, 0.25) is 0 Å². The number of hydrogen-bond acceptors (Lipinski definition) is 7. The van der Waals surface area contributed by atoms with Gasteiger partial charge in [0.15, 0.2) is 0 Å². The Morgan fingerprint density at radius 3 is 2.21 bits per heavy atom. The molecule has 0 fully saturated rings. The van der Waals surface area contributed by atoms with E-state index in [1.807, 2.05) is 32.0 Å².